The summed E-state index contributed by atoms with van der Waals surface area (Å²) in [5.41, 5.74) is 0.696. The van der Waals surface area contributed by atoms with Crippen LogP contribution < -0.4 is 5.32 Å². The molecule has 0 fully saturated rings. The van der Waals surface area contributed by atoms with Crippen LogP contribution >= 0.6 is 0 Å². The largest absolute Gasteiger partial charge is 0.352 e. The van der Waals surface area contributed by atoms with E-state index >= 15 is 0 Å². The summed E-state index contributed by atoms with van der Waals surface area (Å²) >= 11 is 0. The second kappa shape index (κ2) is 12.6. The lowest BCUT2D eigenvalue weighted by molar-refractivity contribution is -0.141. The van der Waals surface area contributed by atoms with Crippen molar-refractivity contribution in [1.82, 2.24) is 14.5 Å². The molecule has 0 aliphatic rings. The number of hydrogen-bond donors (Lipinski definition) is 1. The molecule has 0 aliphatic heterocycles. The van der Waals surface area contributed by atoms with E-state index in [0.717, 1.165) is 6.42 Å². The van der Waals surface area contributed by atoms with Gasteiger partial charge in [0.05, 0.1) is 4.90 Å². The molecule has 0 saturated carbocycles. The molecule has 0 saturated heterocycles. The first kappa shape index (κ1) is 27.5. The van der Waals surface area contributed by atoms with Crippen LogP contribution in [0.5, 0.6) is 0 Å². The maximum atomic E-state index is 13.3. The third-order valence-corrected chi connectivity index (χ3v) is 7.62. The first-order chi connectivity index (χ1) is 16.1. The summed E-state index contributed by atoms with van der Waals surface area (Å²) in [5, 5.41) is 2.89. The van der Waals surface area contributed by atoms with Gasteiger partial charge in [-0.2, -0.15) is 0 Å². The average Bonchev–Trinajstić information content (AvgIpc) is 2.83. The molecule has 2 atom stereocenters. The lowest BCUT2D eigenvalue weighted by atomic mass is 10.1. The molecule has 0 aromatic heterocycles. The molecule has 2 rings (SSSR count). The second-order valence-corrected chi connectivity index (χ2v) is 10.4. The summed E-state index contributed by atoms with van der Waals surface area (Å²) in [4.78, 5) is 27.5. The highest BCUT2D eigenvalue weighted by molar-refractivity contribution is 7.89. The van der Waals surface area contributed by atoms with Gasteiger partial charge in [-0.05, 0) is 56.5 Å². The molecule has 0 spiro atoms. The smallest absolute Gasteiger partial charge is 0.242 e. The Morgan fingerprint density at radius 2 is 1.65 bits per heavy atom. The second-order valence-electron chi connectivity index (χ2n) is 8.39. The van der Waals surface area contributed by atoms with E-state index in [9.17, 15) is 22.4 Å². The van der Waals surface area contributed by atoms with E-state index in [-0.39, 0.29) is 48.1 Å². The average molecular weight is 492 g/mol. The number of carbonyl (C=O) groups is 2. The van der Waals surface area contributed by atoms with Crippen LogP contribution in [0.3, 0.4) is 0 Å². The fraction of sp³-hybridized carbons (Fsp3) is 0.440. The van der Waals surface area contributed by atoms with E-state index in [2.05, 4.69) is 5.32 Å². The third-order valence-electron chi connectivity index (χ3n) is 5.75. The number of sulfonamides is 1. The maximum absolute atomic E-state index is 13.3. The summed E-state index contributed by atoms with van der Waals surface area (Å²) in [5.74, 6) is -0.929. The molecule has 2 aromatic carbocycles. The standard InChI is InChI=1S/C25H34FN3O4S/c1-5-19(2)27-25(31)20(3)29(18-21-13-15-22(26)16-14-21)24(30)12-9-17-28(4)34(32,33)23-10-7-6-8-11-23/h6-8,10-11,13-16,19-20H,5,9,12,17-18H2,1-4H3,(H,27,31)/t19-,20-/m0/s1. The lowest BCUT2D eigenvalue weighted by Gasteiger charge is -2.30. The van der Waals surface area contributed by atoms with Crippen LogP contribution in [0, 0.1) is 5.82 Å². The van der Waals surface area contributed by atoms with Crippen LogP contribution in [0.2, 0.25) is 0 Å². The molecule has 2 amide bonds. The Bertz CT molecular complexity index is 1050. The zero-order valence-corrected chi connectivity index (χ0v) is 21.0. The summed E-state index contributed by atoms with van der Waals surface area (Å²) < 4.78 is 39.9. The van der Waals surface area contributed by atoms with Crippen molar-refractivity contribution in [2.75, 3.05) is 13.6 Å². The van der Waals surface area contributed by atoms with Gasteiger partial charge in [0.25, 0.3) is 0 Å². The zero-order valence-electron chi connectivity index (χ0n) is 20.2. The molecule has 2 aromatic rings. The van der Waals surface area contributed by atoms with Crippen LogP contribution in [-0.2, 0) is 26.2 Å². The third kappa shape index (κ3) is 7.63. The van der Waals surface area contributed by atoms with E-state index in [1.54, 1.807) is 37.3 Å². The summed E-state index contributed by atoms with van der Waals surface area (Å²) in [6.45, 7) is 5.80. The zero-order chi connectivity index (χ0) is 25.3. The minimum absolute atomic E-state index is 0.0328. The number of amides is 2. The van der Waals surface area contributed by atoms with Crippen LogP contribution in [0.1, 0.15) is 45.6 Å². The topological polar surface area (TPSA) is 86.8 Å². The minimum Gasteiger partial charge on any atom is -0.352 e. The monoisotopic (exact) mass is 491 g/mol. The van der Waals surface area contributed by atoms with Crippen molar-refractivity contribution in [3.05, 3.63) is 66.0 Å². The van der Waals surface area contributed by atoms with Gasteiger partial charge in [0.15, 0.2) is 0 Å². The van der Waals surface area contributed by atoms with Crippen molar-refractivity contribution in [3.63, 3.8) is 0 Å². The minimum atomic E-state index is -3.65. The summed E-state index contributed by atoms with van der Waals surface area (Å²) in [6.07, 6.45) is 1.12. The molecule has 7 nitrogen and oxygen atoms in total. The van der Waals surface area contributed by atoms with Gasteiger partial charge >= 0.3 is 0 Å². The first-order valence-corrected chi connectivity index (χ1v) is 12.9. The van der Waals surface area contributed by atoms with Gasteiger partial charge in [-0.3, -0.25) is 9.59 Å². The number of halogens is 1. The SMILES string of the molecule is CC[C@H](C)NC(=O)[C@H](C)N(Cc1ccc(F)cc1)C(=O)CCCN(C)S(=O)(=O)c1ccccc1. The quantitative estimate of drug-likeness (QED) is 0.492. The van der Waals surface area contributed by atoms with Crippen molar-refractivity contribution < 1.29 is 22.4 Å². The van der Waals surface area contributed by atoms with Crippen molar-refractivity contribution in [2.24, 2.45) is 0 Å². The number of nitrogens with zero attached hydrogens (tertiary/aromatic N) is 2. The molecule has 1 N–H and O–H groups in total. The van der Waals surface area contributed by atoms with Gasteiger partial charge in [-0.1, -0.05) is 37.3 Å². The molecule has 0 aliphatic carbocycles. The van der Waals surface area contributed by atoms with Gasteiger partial charge in [0, 0.05) is 32.6 Å². The lowest BCUT2D eigenvalue weighted by Crippen LogP contribution is -2.49. The van der Waals surface area contributed by atoms with E-state index < -0.39 is 16.1 Å². The Labute approximate surface area is 202 Å². The highest BCUT2D eigenvalue weighted by Crippen LogP contribution is 2.16. The Balaban J connectivity index is 2.08. The number of benzene rings is 2. The number of rotatable bonds is 12. The van der Waals surface area contributed by atoms with E-state index in [1.807, 2.05) is 13.8 Å². The summed E-state index contributed by atoms with van der Waals surface area (Å²) in [6, 6.07) is 13.1. The maximum Gasteiger partial charge on any atom is 0.242 e. The van der Waals surface area contributed by atoms with Crippen LogP contribution in [0.4, 0.5) is 4.39 Å². The van der Waals surface area contributed by atoms with Crippen LogP contribution in [-0.4, -0.2) is 55.1 Å². The predicted molar refractivity (Wildman–Crippen MR) is 130 cm³/mol. The molecule has 0 bridgehead atoms. The molecule has 34 heavy (non-hydrogen) atoms. The predicted octanol–water partition coefficient (Wildman–Crippen LogP) is 3.56. The highest BCUT2D eigenvalue weighted by atomic mass is 32.2. The van der Waals surface area contributed by atoms with Gasteiger partial charge in [-0.25, -0.2) is 17.1 Å². The fourth-order valence-corrected chi connectivity index (χ4v) is 4.55. The van der Waals surface area contributed by atoms with Crippen molar-refractivity contribution >= 4 is 21.8 Å². The van der Waals surface area contributed by atoms with E-state index in [1.165, 1.54) is 40.5 Å². The fourth-order valence-electron chi connectivity index (χ4n) is 3.32. The Morgan fingerprint density at radius 1 is 1.03 bits per heavy atom. The van der Waals surface area contributed by atoms with Crippen molar-refractivity contribution in [3.8, 4) is 0 Å². The molecule has 0 heterocycles. The molecule has 9 heteroatoms. The Kier molecular flexibility index (Phi) is 10.2. The number of hydrogen-bond acceptors (Lipinski definition) is 4. The number of carbonyl (C=O) groups excluding carboxylic acids is 2. The van der Waals surface area contributed by atoms with Gasteiger partial charge in [-0.15, -0.1) is 0 Å². The van der Waals surface area contributed by atoms with Crippen molar-refractivity contribution in [1.29, 1.82) is 0 Å². The Hall–Kier alpha value is -2.78. The van der Waals surface area contributed by atoms with Crippen LogP contribution in [0.15, 0.2) is 59.5 Å². The molecular weight excluding hydrogens is 457 g/mol. The van der Waals surface area contributed by atoms with E-state index in [0.29, 0.717) is 12.0 Å². The number of nitrogens with one attached hydrogen (secondary N) is 1. The molecular formula is C25H34FN3O4S. The van der Waals surface area contributed by atoms with E-state index in [4.69, 9.17) is 0 Å². The van der Waals surface area contributed by atoms with Crippen molar-refractivity contribution in [2.45, 2.75) is 63.6 Å². The molecule has 186 valence electrons. The van der Waals surface area contributed by atoms with Gasteiger partial charge in [0.1, 0.15) is 11.9 Å². The van der Waals surface area contributed by atoms with Gasteiger partial charge in [0.2, 0.25) is 21.8 Å². The molecule has 0 unspecified atom stereocenters. The molecule has 0 radical (unpaired) electrons. The highest BCUT2D eigenvalue weighted by Gasteiger charge is 2.27. The first-order valence-electron chi connectivity index (χ1n) is 11.4. The summed E-state index contributed by atoms with van der Waals surface area (Å²) in [7, 11) is -2.17. The van der Waals surface area contributed by atoms with Gasteiger partial charge < -0.3 is 10.2 Å². The van der Waals surface area contributed by atoms with Crippen LogP contribution in [0.25, 0.3) is 0 Å². The normalized spacial score (nSPS) is 13.4. The Morgan fingerprint density at radius 3 is 2.24 bits per heavy atom.